The van der Waals surface area contributed by atoms with Crippen molar-refractivity contribution >= 4 is 24.4 Å². The number of nitrogens with zero attached hydrogens (tertiary/aromatic N) is 1. The Balaban J connectivity index is 2.34. The van der Waals surface area contributed by atoms with E-state index in [9.17, 15) is 13.2 Å². The zero-order chi connectivity index (χ0) is 24.7. The predicted molar refractivity (Wildman–Crippen MR) is 128 cm³/mol. The van der Waals surface area contributed by atoms with Gasteiger partial charge in [-0.25, -0.2) is 22.0 Å². The Hall–Kier alpha value is -1.45. The van der Waals surface area contributed by atoms with Gasteiger partial charge >= 0.3 is 6.09 Å². The van der Waals surface area contributed by atoms with E-state index in [1.807, 2.05) is 61.6 Å². The molecule has 0 heterocycles. The second-order valence-corrected chi connectivity index (χ2v) is 18.3. The SMILES string of the molecule is CC(c1ccc(S(=O)(=O)N[Si](C)(C)C(C)(C)C)c(F)c1)N(C(=O)OC(C)(C)C)C1CCC1. The first-order chi connectivity index (χ1) is 14.4. The maximum atomic E-state index is 15.1. The third kappa shape index (κ3) is 6.11. The molecule has 1 aliphatic carbocycles. The number of hydrogen-bond donors (Lipinski definition) is 1. The van der Waals surface area contributed by atoms with Crippen LogP contribution < -0.4 is 4.39 Å². The second kappa shape index (κ2) is 9.06. The van der Waals surface area contributed by atoms with Crippen LogP contribution in [0.4, 0.5) is 9.18 Å². The van der Waals surface area contributed by atoms with Crippen molar-refractivity contribution in [2.45, 2.75) is 108 Å². The summed E-state index contributed by atoms with van der Waals surface area (Å²) in [6.07, 6.45) is 2.33. The van der Waals surface area contributed by atoms with Crippen LogP contribution in [-0.2, 0) is 14.8 Å². The highest BCUT2D eigenvalue weighted by Gasteiger charge is 2.40. The van der Waals surface area contributed by atoms with Gasteiger partial charge in [0.1, 0.15) is 24.5 Å². The molecular formula is C23H39FN2O4SSi. The van der Waals surface area contributed by atoms with Gasteiger partial charge in [0, 0.05) is 6.04 Å². The van der Waals surface area contributed by atoms with Gasteiger partial charge in [-0.05, 0) is 69.7 Å². The van der Waals surface area contributed by atoms with Crippen LogP contribution in [0.25, 0.3) is 0 Å². The molecule has 0 radical (unpaired) electrons. The van der Waals surface area contributed by atoms with E-state index < -0.39 is 41.8 Å². The lowest BCUT2D eigenvalue weighted by Gasteiger charge is -2.42. The Morgan fingerprint density at radius 3 is 2.16 bits per heavy atom. The van der Waals surface area contributed by atoms with Crippen LogP contribution in [0.2, 0.25) is 18.1 Å². The number of amides is 1. The van der Waals surface area contributed by atoms with Crippen LogP contribution in [0.3, 0.4) is 0 Å². The van der Waals surface area contributed by atoms with Crippen molar-refractivity contribution < 1.29 is 22.3 Å². The number of carbonyl (C=O) groups excluding carboxylic acids is 1. The molecule has 0 spiro atoms. The second-order valence-electron chi connectivity index (χ2n) is 11.3. The maximum absolute atomic E-state index is 15.1. The van der Waals surface area contributed by atoms with Crippen molar-refractivity contribution in [1.82, 2.24) is 9.29 Å². The molecular weight excluding hydrogens is 447 g/mol. The highest BCUT2D eigenvalue weighted by Crippen LogP contribution is 2.36. The molecule has 0 aromatic heterocycles. The smallest absolute Gasteiger partial charge is 0.411 e. The summed E-state index contributed by atoms with van der Waals surface area (Å²) < 4.78 is 49.3. The molecule has 1 aliphatic rings. The van der Waals surface area contributed by atoms with Crippen molar-refractivity contribution in [2.75, 3.05) is 0 Å². The minimum absolute atomic E-state index is 0.0339. The first-order valence-corrected chi connectivity index (χ1v) is 15.7. The van der Waals surface area contributed by atoms with E-state index in [1.54, 1.807) is 11.0 Å². The highest BCUT2D eigenvalue weighted by molar-refractivity contribution is 7.91. The van der Waals surface area contributed by atoms with E-state index in [2.05, 4.69) is 4.39 Å². The quantitative estimate of drug-likeness (QED) is 0.503. The summed E-state index contributed by atoms with van der Waals surface area (Å²) in [7, 11) is -6.44. The Labute approximate surface area is 194 Å². The van der Waals surface area contributed by atoms with Gasteiger partial charge in [0.15, 0.2) is 0 Å². The number of hydrogen-bond acceptors (Lipinski definition) is 4. The van der Waals surface area contributed by atoms with Crippen LogP contribution in [0, 0.1) is 5.82 Å². The molecule has 1 unspecified atom stereocenters. The van der Waals surface area contributed by atoms with Gasteiger partial charge in [-0.3, -0.25) is 4.90 Å². The molecule has 1 aromatic carbocycles. The lowest BCUT2D eigenvalue weighted by atomic mass is 9.89. The summed E-state index contributed by atoms with van der Waals surface area (Å²) in [5.74, 6) is -0.821. The molecule has 1 atom stereocenters. The van der Waals surface area contributed by atoms with Crippen LogP contribution in [-0.4, -0.2) is 39.3 Å². The molecule has 0 aliphatic heterocycles. The van der Waals surface area contributed by atoms with Gasteiger partial charge < -0.3 is 4.74 Å². The molecule has 1 fully saturated rings. The van der Waals surface area contributed by atoms with Crippen molar-refractivity contribution in [3.05, 3.63) is 29.6 Å². The minimum atomic E-state index is -4.01. The molecule has 32 heavy (non-hydrogen) atoms. The zero-order valence-electron chi connectivity index (χ0n) is 20.9. The Bertz CT molecular complexity index is 948. The van der Waals surface area contributed by atoms with Crippen LogP contribution in [0.1, 0.15) is 79.3 Å². The summed E-state index contributed by atoms with van der Waals surface area (Å²) in [5, 5.41) is -0.234. The molecule has 182 valence electrons. The Kier molecular flexibility index (Phi) is 7.59. The normalized spacial score (nSPS) is 16.9. The van der Waals surface area contributed by atoms with E-state index >= 15 is 4.39 Å². The Morgan fingerprint density at radius 1 is 1.19 bits per heavy atom. The van der Waals surface area contributed by atoms with Gasteiger partial charge in [0.2, 0.25) is 10.0 Å². The summed E-state index contributed by atoms with van der Waals surface area (Å²) >= 11 is 0. The molecule has 0 saturated heterocycles. The molecule has 2 rings (SSSR count). The van der Waals surface area contributed by atoms with E-state index in [4.69, 9.17) is 4.74 Å². The number of benzene rings is 1. The monoisotopic (exact) mass is 486 g/mol. The number of halogens is 1. The summed E-state index contributed by atoms with van der Waals surface area (Å²) in [4.78, 5) is 14.2. The fourth-order valence-corrected chi connectivity index (χ4v) is 8.22. The standard InChI is InChI=1S/C23H39FN2O4SSi/c1-16(26(18-11-10-12-18)21(27)30-22(2,3)4)17-13-14-20(19(24)15-17)31(28,29)25-32(8,9)23(5,6)7/h13-16,18,25H,10-12H2,1-9H3. The van der Waals surface area contributed by atoms with Crippen molar-refractivity contribution in [3.63, 3.8) is 0 Å². The molecule has 0 bridgehead atoms. The van der Waals surface area contributed by atoms with Gasteiger partial charge in [0.25, 0.3) is 0 Å². The van der Waals surface area contributed by atoms with Crippen molar-refractivity contribution in [2.24, 2.45) is 0 Å². The number of rotatable bonds is 6. The molecule has 9 heteroatoms. The lowest BCUT2D eigenvalue weighted by Crippen LogP contribution is -2.54. The fraction of sp³-hybridized carbons (Fsp3) is 0.696. The van der Waals surface area contributed by atoms with Crippen LogP contribution >= 0.6 is 0 Å². The first-order valence-electron chi connectivity index (χ1n) is 11.2. The number of carbonyl (C=O) groups is 1. The zero-order valence-corrected chi connectivity index (χ0v) is 22.7. The largest absolute Gasteiger partial charge is 0.444 e. The lowest BCUT2D eigenvalue weighted by molar-refractivity contribution is -0.00436. The van der Waals surface area contributed by atoms with Crippen molar-refractivity contribution in [3.8, 4) is 0 Å². The van der Waals surface area contributed by atoms with Gasteiger partial charge in [-0.2, -0.15) is 0 Å². The third-order valence-corrected chi connectivity index (χ3v) is 14.3. The highest BCUT2D eigenvalue weighted by atomic mass is 32.2. The molecule has 1 amide bonds. The fourth-order valence-electron chi connectivity index (χ4n) is 3.30. The Morgan fingerprint density at radius 2 is 1.75 bits per heavy atom. The predicted octanol–water partition coefficient (Wildman–Crippen LogP) is 5.96. The third-order valence-electron chi connectivity index (χ3n) is 6.48. The van der Waals surface area contributed by atoms with Crippen LogP contribution in [0.15, 0.2) is 23.1 Å². The molecule has 1 N–H and O–H groups in total. The van der Waals surface area contributed by atoms with Gasteiger partial charge in [-0.1, -0.05) is 39.9 Å². The molecule has 1 aromatic rings. The van der Waals surface area contributed by atoms with E-state index in [0.29, 0.717) is 5.56 Å². The van der Waals surface area contributed by atoms with E-state index in [0.717, 1.165) is 19.3 Å². The average molecular weight is 487 g/mol. The van der Waals surface area contributed by atoms with Crippen molar-refractivity contribution in [1.29, 1.82) is 0 Å². The topological polar surface area (TPSA) is 75.7 Å². The first kappa shape index (κ1) is 26.8. The maximum Gasteiger partial charge on any atom is 0.411 e. The molecule has 1 saturated carbocycles. The number of sulfonamides is 1. The van der Waals surface area contributed by atoms with Gasteiger partial charge in [-0.15, -0.1) is 0 Å². The number of ether oxygens (including phenoxy) is 1. The summed E-state index contributed by atoms with van der Waals surface area (Å²) in [6.45, 7) is 17.0. The minimum Gasteiger partial charge on any atom is -0.444 e. The average Bonchev–Trinajstić information content (AvgIpc) is 2.53. The van der Waals surface area contributed by atoms with Gasteiger partial charge in [0.05, 0.1) is 6.04 Å². The summed E-state index contributed by atoms with van der Waals surface area (Å²) in [6, 6.07) is 3.69. The van der Waals surface area contributed by atoms with Crippen LogP contribution in [0.5, 0.6) is 0 Å². The van der Waals surface area contributed by atoms with E-state index in [1.165, 1.54) is 12.1 Å². The molecule has 6 nitrogen and oxygen atoms in total. The van der Waals surface area contributed by atoms with E-state index in [-0.39, 0.29) is 16.0 Å². The summed E-state index contributed by atoms with van der Waals surface area (Å²) in [5.41, 5.74) is -0.108. The number of nitrogens with one attached hydrogen (secondary N) is 1.